The summed E-state index contributed by atoms with van der Waals surface area (Å²) in [7, 11) is -4.11. The van der Waals surface area contributed by atoms with Crippen molar-refractivity contribution in [2.45, 2.75) is 63.2 Å². The Morgan fingerprint density at radius 3 is 2.08 bits per heavy atom. The molecule has 1 aromatic rings. The van der Waals surface area contributed by atoms with Gasteiger partial charge in [-0.3, -0.25) is 4.79 Å². The van der Waals surface area contributed by atoms with E-state index in [9.17, 15) is 18.7 Å². The topological polar surface area (TPSA) is 87.6 Å². The second-order valence-corrected chi connectivity index (χ2v) is 9.25. The van der Waals surface area contributed by atoms with Gasteiger partial charge in [-0.1, -0.05) is 52.2 Å². The molecular formula is C18H24N2O3S. The molecule has 1 aliphatic carbocycles. The smallest absolute Gasteiger partial charge is 0.360 e. The van der Waals surface area contributed by atoms with Gasteiger partial charge >= 0.3 is 5.04 Å². The van der Waals surface area contributed by atoms with Gasteiger partial charge < -0.3 is 5.53 Å². The Balaban J connectivity index is 2.33. The molecule has 5 nitrogen and oxygen atoms in total. The molecule has 0 radical (unpaired) electrons. The fourth-order valence-electron chi connectivity index (χ4n) is 3.02. The van der Waals surface area contributed by atoms with Gasteiger partial charge in [0.05, 0.1) is 4.90 Å². The lowest BCUT2D eigenvalue weighted by molar-refractivity contribution is -0.120. The highest BCUT2D eigenvalue weighted by molar-refractivity contribution is 8.08. The molecule has 0 amide bonds. The monoisotopic (exact) mass is 348 g/mol. The van der Waals surface area contributed by atoms with Crippen LogP contribution in [0.5, 0.6) is 0 Å². The van der Waals surface area contributed by atoms with E-state index in [-0.39, 0.29) is 16.2 Å². The second-order valence-electron chi connectivity index (χ2n) is 7.38. The van der Waals surface area contributed by atoms with Crippen molar-refractivity contribution in [3.05, 3.63) is 35.4 Å². The Morgan fingerprint density at radius 2 is 1.62 bits per heavy atom. The molecule has 2 rings (SSSR count). The molecule has 6 heteroatoms. The second kappa shape index (κ2) is 6.99. The van der Waals surface area contributed by atoms with Crippen LogP contribution in [-0.4, -0.2) is 24.0 Å². The van der Waals surface area contributed by atoms with Gasteiger partial charge in [0.1, 0.15) is 0 Å². The van der Waals surface area contributed by atoms with Gasteiger partial charge in [-0.25, -0.2) is 8.42 Å². The predicted octanol–water partition coefficient (Wildman–Crippen LogP) is 3.54. The van der Waals surface area contributed by atoms with E-state index in [1.807, 2.05) is 20.8 Å². The summed E-state index contributed by atoms with van der Waals surface area (Å²) in [6, 6.07) is 6.39. The van der Waals surface area contributed by atoms with E-state index >= 15 is 0 Å². The van der Waals surface area contributed by atoms with Gasteiger partial charge in [-0.2, -0.15) is 0 Å². The standard InChI is InChI=1S/C18H24N2O3S/c1-18(2,3)14-9-11-15(12-10-14)24(22,23)17(20-19)16(21)13-7-5-4-6-8-13/h9-13H,4-8H2,1-3H3. The van der Waals surface area contributed by atoms with Crippen LogP contribution < -0.4 is 0 Å². The van der Waals surface area contributed by atoms with E-state index in [1.165, 1.54) is 12.1 Å². The van der Waals surface area contributed by atoms with Crippen LogP contribution >= 0.6 is 0 Å². The van der Waals surface area contributed by atoms with E-state index in [0.29, 0.717) is 12.8 Å². The zero-order valence-corrected chi connectivity index (χ0v) is 15.3. The summed E-state index contributed by atoms with van der Waals surface area (Å²) >= 11 is 0. The molecule has 0 aliphatic heterocycles. The summed E-state index contributed by atoms with van der Waals surface area (Å²) in [4.78, 5) is 15.3. The summed E-state index contributed by atoms with van der Waals surface area (Å²) < 4.78 is 25.4. The van der Waals surface area contributed by atoms with Gasteiger partial charge in [0.2, 0.25) is 0 Å². The number of carbonyl (C=O) groups excluding carboxylic acids is 1. The molecule has 1 aromatic carbocycles. The van der Waals surface area contributed by atoms with Crippen molar-refractivity contribution in [2.75, 3.05) is 0 Å². The number of hydrogen-bond acceptors (Lipinski definition) is 3. The summed E-state index contributed by atoms with van der Waals surface area (Å²) in [6.45, 7) is 6.09. The first-order valence-corrected chi connectivity index (χ1v) is 9.78. The zero-order chi connectivity index (χ0) is 18.0. The van der Waals surface area contributed by atoms with Crippen LogP contribution in [0.25, 0.3) is 5.53 Å². The Kier molecular flexibility index (Phi) is 5.41. The van der Waals surface area contributed by atoms with Crippen molar-refractivity contribution >= 4 is 20.7 Å². The molecule has 0 aromatic heterocycles. The number of sulfone groups is 1. The maximum absolute atomic E-state index is 12.7. The average Bonchev–Trinajstić information content (AvgIpc) is 2.55. The van der Waals surface area contributed by atoms with Gasteiger partial charge in [-0.05, 0) is 36.0 Å². The van der Waals surface area contributed by atoms with Crippen molar-refractivity contribution in [1.29, 1.82) is 0 Å². The summed E-state index contributed by atoms with van der Waals surface area (Å²) in [5, 5.41) is -0.738. The number of hydrogen-bond donors (Lipinski definition) is 0. The summed E-state index contributed by atoms with van der Waals surface area (Å²) in [6.07, 6.45) is 4.15. The molecule has 1 fully saturated rings. The minimum absolute atomic E-state index is 0.0209. The molecule has 0 heterocycles. The summed E-state index contributed by atoms with van der Waals surface area (Å²) in [5.74, 6) is -0.939. The lowest BCUT2D eigenvalue weighted by atomic mass is 9.86. The quantitative estimate of drug-likeness (QED) is 0.362. The highest BCUT2D eigenvalue weighted by atomic mass is 32.2. The first-order valence-electron chi connectivity index (χ1n) is 8.30. The zero-order valence-electron chi connectivity index (χ0n) is 14.4. The van der Waals surface area contributed by atoms with Gasteiger partial charge in [0, 0.05) is 5.92 Å². The molecule has 0 unspecified atom stereocenters. The minimum Gasteiger partial charge on any atom is -0.360 e. The first kappa shape index (κ1) is 18.6. The molecular weight excluding hydrogens is 324 g/mol. The normalized spacial score (nSPS) is 16.5. The predicted molar refractivity (Wildman–Crippen MR) is 92.5 cm³/mol. The van der Waals surface area contributed by atoms with E-state index < -0.39 is 20.7 Å². The lowest BCUT2D eigenvalue weighted by Crippen LogP contribution is -2.32. The van der Waals surface area contributed by atoms with Crippen LogP contribution in [0.4, 0.5) is 0 Å². The molecule has 24 heavy (non-hydrogen) atoms. The van der Waals surface area contributed by atoms with Crippen molar-refractivity contribution in [1.82, 2.24) is 0 Å². The first-order chi connectivity index (χ1) is 11.2. The number of benzene rings is 1. The molecule has 1 aliphatic rings. The van der Waals surface area contributed by atoms with Gasteiger partial charge in [0.25, 0.3) is 15.6 Å². The van der Waals surface area contributed by atoms with Crippen molar-refractivity contribution < 1.29 is 18.0 Å². The van der Waals surface area contributed by atoms with E-state index in [4.69, 9.17) is 0 Å². The Labute approximate surface area is 143 Å². The van der Waals surface area contributed by atoms with Crippen molar-refractivity contribution in [3.8, 4) is 0 Å². The van der Waals surface area contributed by atoms with Crippen LogP contribution in [0.2, 0.25) is 0 Å². The molecule has 0 saturated heterocycles. The number of Topliss-reactive ketones (excluding diaryl/α,β-unsaturated/α-hetero) is 1. The van der Waals surface area contributed by atoms with Gasteiger partial charge in [0.15, 0.2) is 0 Å². The lowest BCUT2D eigenvalue weighted by Gasteiger charge is -2.19. The molecule has 0 atom stereocenters. The average molecular weight is 348 g/mol. The fraction of sp³-hybridized carbons (Fsp3) is 0.556. The van der Waals surface area contributed by atoms with Crippen LogP contribution in [0.15, 0.2) is 29.2 Å². The Hall–Kier alpha value is -1.78. The van der Waals surface area contributed by atoms with Crippen molar-refractivity contribution in [3.63, 3.8) is 0 Å². The molecule has 0 bridgehead atoms. The van der Waals surface area contributed by atoms with Crippen LogP contribution in [0.1, 0.15) is 58.4 Å². The number of rotatable bonds is 3. The fourth-order valence-corrected chi connectivity index (χ4v) is 4.28. The van der Waals surface area contributed by atoms with Crippen LogP contribution in [0.3, 0.4) is 0 Å². The van der Waals surface area contributed by atoms with E-state index in [2.05, 4.69) is 4.79 Å². The van der Waals surface area contributed by atoms with Gasteiger partial charge in [-0.15, -0.1) is 4.79 Å². The number of ketones is 1. The maximum atomic E-state index is 12.7. The molecule has 0 spiro atoms. The van der Waals surface area contributed by atoms with Crippen LogP contribution in [0, 0.1) is 5.92 Å². The summed E-state index contributed by atoms with van der Waals surface area (Å²) in [5.41, 5.74) is 10.1. The molecule has 1 saturated carbocycles. The Bertz CT molecular complexity index is 761. The van der Waals surface area contributed by atoms with Crippen molar-refractivity contribution in [2.24, 2.45) is 5.92 Å². The largest absolute Gasteiger partial charge is 0.452 e. The highest BCUT2D eigenvalue weighted by Crippen LogP contribution is 2.27. The maximum Gasteiger partial charge on any atom is 0.452 e. The molecule has 130 valence electrons. The Morgan fingerprint density at radius 1 is 1.08 bits per heavy atom. The third kappa shape index (κ3) is 3.82. The number of nitrogens with zero attached hydrogens (tertiary/aromatic N) is 2. The number of carbonyl (C=O) groups is 1. The minimum atomic E-state index is -4.11. The van der Waals surface area contributed by atoms with Crippen LogP contribution in [-0.2, 0) is 20.0 Å². The highest BCUT2D eigenvalue weighted by Gasteiger charge is 2.41. The third-order valence-corrected chi connectivity index (χ3v) is 6.25. The molecule has 0 N–H and O–H groups in total. The van der Waals surface area contributed by atoms with E-state index in [0.717, 1.165) is 24.8 Å². The SMILES string of the molecule is CC(C)(C)c1ccc(S(=O)(=O)C(=[N+]=[N-])C(=O)C2CCCCC2)cc1. The third-order valence-electron chi connectivity index (χ3n) is 4.56. The van der Waals surface area contributed by atoms with E-state index in [1.54, 1.807) is 12.1 Å².